The summed E-state index contributed by atoms with van der Waals surface area (Å²) >= 11 is 0. The second-order valence-electron chi connectivity index (χ2n) is 4.19. The number of rotatable bonds is 4. The SMILES string of the molecule is O=C1NC(c2cc(F)ccc2F)CN1CCCO. The summed E-state index contributed by atoms with van der Waals surface area (Å²) in [6, 6.07) is 2.31. The number of aliphatic hydroxyl groups is 1. The van der Waals surface area contributed by atoms with Crippen LogP contribution < -0.4 is 5.32 Å². The minimum atomic E-state index is -0.549. The molecule has 0 bridgehead atoms. The van der Waals surface area contributed by atoms with Gasteiger partial charge in [-0.2, -0.15) is 0 Å². The first-order valence-corrected chi connectivity index (χ1v) is 5.73. The molecular weight excluding hydrogens is 242 g/mol. The number of aliphatic hydroxyl groups excluding tert-OH is 1. The van der Waals surface area contributed by atoms with E-state index in [-0.39, 0.29) is 24.7 Å². The van der Waals surface area contributed by atoms with Gasteiger partial charge in [-0.3, -0.25) is 0 Å². The minimum absolute atomic E-state index is 0.0111. The van der Waals surface area contributed by atoms with E-state index in [4.69, 9.17) is 5.11 Å². The Labute approximate surface area is 103 Å². The van der Waals surface area contributed by atoms with E-state index in [0.29, 0.717) is 13.0 Å². The van der Waals surface area contributed by atoms with Crippen molar-refractivity contribution in [1.29, 1.82) is 0 Å². The van der Waals surface area contributed by atoms with Crippen LogP contribution in [0, 0.1) is 11.6 Å². The first-order chi connectivity index (χ1) is 8.61. The number of hydrogen-bond donors (Lipinski definition) is 2. The molecule has 1 atom stereocenters. The number of carbonyl (C=O) groups is 1. The van der Waals surface area contributed by atoms with Crippen molar-refractivity contribution in [2.45, 2.75) is 12.5 Å². The molecule has 0 aromatic heterocycles. The Balaban J connectivity index is 2.11. The van der Waals surface area contributed by atoms with Crippen LogP contribution >= 0.6 is 0 Å². The van der Waals surface area contributed by atoms with Gasteiger partial charge in [0.1, 0.15) is 11.6 Å². The van der Waals surface area contributed by atoms with Crippen LogP contribution in [0.15, 0.2) is 18.2 Å². The molecule has 18 heavy (non-hydrogen) atoms. The van der Waals surface area contributed by atoms with Gasteiger partial charge in [0.05, 0.1) is 6.04 Å². The standard InChI is InChI=1S/C12H14F2N2O2/c13-8-2-3-10(14)9(6-8)11-7-16(4-1-5-17)12(18)15-11/h2-3,6,11,17H,1,4-5,7H2,(H,15,18). The number of urea groups is 1. The van der Waals surface area contributed by atoms with Gasteiger partial charge in [-0.1, -0.05) is 0 Å². The summed E-state index contributed by atoms with van der Waals surface area (Å²) in [4.78, 5) is 13.1. The van der Waals surface area contributed by atoms with Gasteiger partial charge in [0, 0.05) is 25.3 Å². The van der Waals surface area contributed by atoms with Gasteiger partial charge in [0.25, 0.3) is 0 Å². The summed E-state index contributed by atoms with van der Waals surface area (Å²) in [5.41, 5.74) is 0.148. The van der Waals surface area contributed by atoms with E-state index in [2.05, 4.69) is 5.32 Å². The van der Waals surface area contributed by atoms with Crippen LogP contribution in [-0.2, 0) is 0 Å². The minimum Gasteiger partial charge on any atom is -0.396 e. The molecule has 0 aliphatic carbocycles. The van der Waals surface area contributed by atoms with Crippen molar-refractivity contribution >= 4 is 6.03 Å². The van der Waals surface area contributed by atoms with Crippen LogP contribution in [0.5, 0.6) is 0 Å². The lowest BCUT2D eigenvalue weighted by atomic mass is 10.1. The average molecular weight is 256 g/mol. The fourth-order valence-electron chi connectivity index (χ4n) is 2.00. The van der Waals surface area contributed by atoms with Crippen molar-refractivity contribution in [1.82, 2.24) is 10.2 Å². The molecule has 1 saturated heterocycles. The number of amides is 2. The van der Waals surface area contributed by atoms with Crippen molar-refractivity contribution < 1.29 is 18.7 Å². The van der Waals surface area contributed by atoms with E-state index >= 15 is 0 Å². The van der Waals surface area contributed by atoms with E-state index in [1.807, 2.05) is 0 Å². The van der Waals surface area contributed by atoms with Crippen LogP contribution in [-0.4, -0.2) is 35.7 Å². The summed E-state index contributed by atoms with van der Waals surface area (Å²) in [6.45, 7) is 0.664. The van der Waals surface area contributed by atoms with Gasteiger partial charge >= 0.3 is 6.03 Å². The number of benzene rings is 1. The van der Waals surface area contributed by atoms with Crippen molar-refractivity contribution in [2.24, 2.45) is 0 Å². The molecule has 2 N–H and O–H groups in total. The zero-order valence-electron chi connectivity index (χ0n) is 9.70. The van der Waals surface area contributed by atoms with Gasteiger partial charge in [-0.25, -0.2) is 13.6 Å². The molecule has 1 aromatic rings. The first kappa shape index (κ1) is 12.8. The highest BCUT2D eigenvalue weighted by molar-refractivity contribution is 5.77. The van der Waals surface area contributed by atoms with E-state index in [0.717, 1.165) is 18.2 Å². The number of nitrogens with zero attached hydrogens (tertiary/aromatic N) is 1. The molecule has 1 heterocycles. The molecule has 0 spiro atoms. The number of halogens is 2. The largest absolute Gasteiger partial charge is 0.396 e. The normalized spacial score (nSPS) is 19.2. The zero-order chi connectivity index (χ0) is 13.1. The monoisotopic (exact) mass is 256 g/mol. The van der Waals surface area contributed by atoms with Crippen molar-refractivity contribution in [3.05, 3.63) is 35.4 Å². The van der Waals surface area contributed by atoms with Crippen LogP contribution in [0.3, 0.4) is 0 Å². The van der Waals surface area contributed by atoms with Gasteiger partial charge in [-0.05, 0) is 24.6 Å². The molecule has 1 unspecified atom stereocenters. The Bertz CT molecular complexity index is 454. The smallest absolute Gasteiger partial charge is 0.318 e. The Morgan fingerprint density at radius 2 is 2.22 bits per heavy atom. The summed E-state index contributed by atoms with van der Waals surface area (Å²) in [7, 11) is 0. The van der Waals surface area contributed by atoms with E-state index < -0.39 is 17.7 Å². The zero-order valence-corrected chi connectivity index (χ0v) is 9.70. The van der Waals surface area contributed by atoms with Crippen LogP contribution in [0.4, 0.5) is 13.6 Å². The van der Waals surface area contributed by atoms with Gasteiger partial charge in [0.2, 0.25) is 0 Å². The van der Waals surface area contributed by atoms with Gasteiger partial charge in [-0.15, -0.1) is 0 Å². The van der Waals surface area contributed by atoms with Crippen LogP contribution in [0.2, 0.25) is 0 Å². The highest BCUT2D eigenvalue weighted by atomic mass is 19.1. The lowest BCUT2D eigenvalue weighted by Gasteiger charge is -2.14. The first-order valence-electron chi connectivity index (χ1n) is 5.73. The van der Waals surface area contributed by atoms with E-state index in [1.54, 1.807) is 0 Å². The third-order valence-electron chi connectivity index (χ3n) is 2.91. The summed E-state index contributed by atoms with van der Waals surface area (Å²) in [5, 5.41) is 11.3. The third kappa shape index (κ3) is 2.59. The summed E-state index contributed by atoms with van der Waals surface area (Å²) < 4.78 is 26.6. The molecule has 2 rings (SSSR count). The Kier molecular flexibility index (Phi) is 3.76. The lowest BCUT2D eigenvalue weighted by molar-refractivity contribution is 0.209. The summed E-state index contributed by atoms with van der Waals surface area (Å²) in [6.07, 6.45) is 0.464. The molecule has 6 heteroatoms. The number of nitrogens with one attached hydrogen (secondary N) is 1. The van der Waals surface area contributed by atoms with Crippen LogP contribution in [0.25, 0.3) is 0 Å². The molecule has 98 valence electrons. The molecule has 1 aromatic carbocycles. The molecule has 2 amide bonds. The van der Waals surface area contributed by atoms with Crippen molar-refractivity contribution in [3.63, 3.8) is 0 Å². The molecule has 0 saturated carbocycles. The average Bonchev–Trinajstić information content (AvgIpc) is 2.71. The van der Waals surface area contributed by atoms with Gasteiger partial charge in [0.15, 0.2) is 0 Å². The van der Waals surface area contributed by atoms with E-state index in [1.165, 1.54) is 4.90 Å². The van der Waals surface area contributed by atoms with Crippen molar-refractivity contribution in [3.8, 4) is 0 Å². The summed E-state index contributed by atoms with van der Waals surface area (Å²) in [5.74, 6) is -1.07. The molecule has 1 aliphatic rings. The van der Waals surface area contributed by atoms with Crippen molar-refractivity contribution in [2.75, 3.05) is 19.7 Å². The Morgan fingerprint density at radius 1 is 1.44 bits per heavy atom. The second kappa shape index (κ2) is 5.30. The highest BCUT2D eigenvalue weighted by Crippen LogP contribution is 2.23. The van der Waals surface area contributed by atoms with Gasteiger partial charge < -0.3 is 15.3 Å². The fourth-order valence-corrected chi connectivity index (χ4v) is 2.00. The quantitative estimate of drug-likeness (QED) is 0.856. The maximum atomic E-state index is 13.6. The molecular formula is C12H14F2N2O2. The third-order valence-corrected chi connectivity index (χ3v) is 2.91. The topological polar surface area (TPSA) is 52.6 Å². The maximum Gasteiger partial charge on any atom is 0.318 e. The molecule has 1 fully saturated rings. The molecule has 1 aliphatic heterocycles. The maximum absolute atomic E-state index is 13.6. The number of hydrogen-bond acceptors (Lipinski definition) is 2. The van der Waals surface area contributed by atoms with Crippen LogP contribution in [0.1, 0.15) is 18.0 Å². The fraction of sp³-hybridized carbons (Fsp3) is 0.417. The predicted octanol–water partition coefficient (Wildman–Crippen LogP) is 1.41. The Hall–Kier alpha value is -1.69. The molecule has 0 radical (unpaired) electrons. The highest BCUT2D eigenvalue weighted by Gasteiger charge is 2.30. The molecule has 4 nitrogen and oxygen atoms in total. The predicted molar refractivity (Wildman–Crippen MR) is 60.9 cm³/mol. The second-order valence-corrected chi connectivity index (χ2v) is 4.19. The number of carbonyl (C=O) groups excluding carboxylic acids is 1. The lowest BCUT2D eigenvalue weighted by Crippen LogP contribution is -2.29. The van der Waals surface area contributed by atoms with E-state index in [9.17, 15) is 13.6 Å². The Morgan fingerprint density at radius 3 is 2.94 bits per heavy atom.